The first-order chi connectivity index (χ1) is 8.58. The lowest BCUT2D eigenvalue weighted by molar-refractivity contribution is -0.127. The number of ether oxygens (including phenoxy) is 1. The Labute approximate surface area is 109 Å². The lowest BCUT2D eigenvalue weighted by Gasteiger charge is -2.15. The fourth-order valence-electron chi connectivity index (χ4n) is 1.60. The molecule has 1 amide bonds. The van der Waals surface area contributed by atoms with Crippen molar-refractivity contribution in [2.24, 2.45) is 5.73 Å². The maximum atomic E-state index is 11.5. The Kier molecular flexibility index (Phi) is 5.65. The van der Waals surface area contributed by atoms with Crippen molar-refractivity contribution < 1.29 is 9.53 Å². The van der Waals surface area contributed by atoms with Gasteiger partial charge in [-0.1, -0.05) is 19.1 Å². The molecule has 0 aliphatic carbocycles. The van der Waals surface area contributed by atoms with Crippen LogP contribution in [-0.2, 0) is 4.79 Å². The molecule has 4 heteroatoms. The largest absolute Gasteiger partial charge is 0.481 e. The molecule has 0 aliphatic rings. The maximum absolute atomic E-state index is 11.5. The van der Waals surface area contributed by atoms with Crippen LogP contribution in [0.2, 0.25) is 0 Å². The highest BCUT2D eigenvalue weighted by Crippen LogP contribution is 2.19. The number of benzene rings is 1. The van der Waals surface area contributed by atoms with Crippen molar-refractivity contribution in [2.45, 2.75) is 39.3 Å². The van der Waals surface area contributed by atoms with E-state index in [9.17, 15) is 4.79 Å². The van der Waals surface area contributed by atoms with Gasteiger partial charge in [0.2, 0.25) is 0 Å². The van der Waals surface area contributed by atoms with Crippen LogP contribution in [0.1, 0.15) is 38.8 Å². The van der Waals surface area contributed by atoms with Crippen LogP contribution >= 0.6 is 0 Å². The predicted octanol–water partition coefficient (Wildman–Crippen LogP) is 2.00. The van der Waals surface area contributed by atoms with Gasteiger partial charge >= 0.3 is 0 Å². The Morgan fingerprint density at radius 2 is 1.94 bits per heavy atom. The molecule has 0 aromatic heterocycles. The van der Waals surface area contributed by atoms with Crippen molar-refractivity contribution in [3.63, 3.8) is 0 Å². The van der Waals surface area contributed by atoms with Crippen LogP contribution in [0.15, 0.2) is 24.3 Å². The minimum Gasteiger partial charge on any atom is -0.481 e. The molecule has 0 saturated heterocycles. The molecule has 18 heavy (non-hydrogen) atoms. The fourth-order valence-corrected chi connectivity index (χ4v) is 1.60. The lowest BCUT2D eigenvalue weighted by atomic mass is 10.1. The summed E-state index contributed by atoms with van der Waals surface area (Å²) in [6, 6.07) is 7.63. The molecule has 0 saturated carbocycles. The number of hydrogen-bond donors (Lipinski definition) is 2. The van der Waals surface area contributed by atoms with Gasteiger partial charge in [0, 0.05) is 12.6 Å². The second kappa shape index (κ2) is 7.01. The first kappa shape index (κ1) is 14.5. The van der Waals surface area contributed by atoms with E-state index >= 15 is 0 Å². The van der Waals surface area contributed by atoms with Crippen molar-refractivity contribution in [3.05, 3.63) is 29.8 Å². The summed E-state index contributed by atoms with van der Waals surface area (Å²) in [5.74, 6) is 0.577. The molecule has 0 heterocycles. The Bertz CT molecular complexity index is 376. The molecule has 2 unspecified atom stereocenters. The lowest BCUT2D eigenvalue weighted by Crippen LogP contribution is -2.36. The Morgan fingerprint density at radius 3 is 2.44 bits per heavy atom. The van der Waals surface area contributed by atoms with E-state index in [0.717, 1.165) is 12.0 Å². The quantitative estimate of drug-likeness (QED) is 0.811. The van der Waals surface area contributed by atoms with Crippen LogP contribution in [0, 0.1) is 0 Å². The number of amides is 1. The van der Waals surface area contributed by atoms with E-state index < -0.39 is 6.10 Å². The van der Waals surface area contributed by atoms with E-state index in [0.29, 0.717) is 12.3 Å². The smallest absolute Gasteiger partial charge is 0.260 e. The van der Waals surface area contributed by atoms with Crippen molar-refractivity contribution in [3.8, 4) is 5.75 Å². The zero-order valence-corrected chi connectivity index (χ0v) is 11.3. The summed E-state index contributed by atoms with van der Waals surface area (Å²) in [4.78, 5) is 11.5. The number of carbonyl (C=O) groups is 1. The molecule has 1 aromatic rings. The summed E-state index contributed by atoms with van der Waals surface area (Å²) >= 11 is 0. The maximum Gasteiger partial charge on any atom is 0.260 e. The van der Waals surface area contributed by atoms with Gasteiger partial charge in [0.25, 0.3) is 5.91 Å². The van der Waals surface area contributed by atoms with Gasteiger partial charge in [0.15, 0.2) is 6.10 Å². The molecule has 100 valence electrons. The molecule has 1 rings (SSSR count). The van der Waals surface area contributed by atoms with Gasteiger partial charge in [0.1, 0.15) is 5.75 Å². The third-order valence-corrected chi connectivity index (χ3v) is 2.78. The SMILES string of the molecule is CCNC(=O)C(C)Oc1ccc(C(N)CC)cc1. The van der Waals surface area contributed by atoms with Gasteiger partial charge in [-0.3, -0.25) is 4.79 Å². The molecule has 2 atom stereocenters. The van der Waals surface area contributed by atoms with E-state index in [4.69, 9.17) is 10.5 Å². The molecule has 0 spiro atoms. The average molecular weight is 250 g/mol. The highest BCUT2D eigenvalue weighted by Gasteiger charge is 2.13. The summed E-state index contributed by atoms with van der Waals surface area (Å²) in [5, 5.41) is 2.72. The minimum atomic E-state index is -0.490. The van der Waals surface area contributed by atoms with Crippen LogP contribution in [-0.4, -0.2) is 18.6 Å². The standard InChI is InChI=1S/C14H22N2O2/c1-4-13(15)11-6-8-12(9-7-11)18-10(3)14(17)16-5-2/h6-10,13H,4-5,15H2,1-3H3,(H,16,17). The predicted molar refractivity (Wildman–Crippen MR) is 72.4 cm³/mol. The second-order valence-electron chi connectivity index (χ2n) is 4.24. The molecule has 1 aromatic carbocycles. The summed E-state index contributed by atoms with van der Waals surface area (Å²) in [5.41, 5.74) is 7.01. The van der Waals surface area contributed by atoms with Crippen LogP contribution in [0.25, 0.3) is 0 Å². The van der Waals surface area contributed by atoms with Crippen molar-refractivity contribution in [2.75, 3.05) is 6.54 Å². The van der Waals surface area contributed by atoms with Crippen molar-refractivity contribution >= 4 is 5.91 Å². The molecule has 0 aliphatic heterocycles. The van der Waals surface area contributed by atoms with Crippen molar-refractivity contribution in [1.29, 1.82) is 0 Å². The van der Waals surface area contributed by atoms with Gasteiger partial charge in [-0.2, -0.15) is 0 Å². The van der Waals surface area contributed by atoms with E-state index in [1.54, 1.807) is 6.92 Å². The van der Waals surface area contributed by atoms with E-state index in [1.807, 2.05) is 38.1 Å². The monoisotopic (exact) mass is 250 g/mol. The molecule has 0 bridgehead atoms. The number of nitrogens with one attached hydrogen (secondary N) is 1. The number of rotatable bonds is 6. The van der Waals surface area contributed by atoms with E-state index in [2.05, 4.69) is 5.32 Å². The molecule has 3 N–H and O–H groups in total. The average Bonchev–Trinajstić information content (AvgIpc) is 2.39. The van der Waals surface area contributed by atoms with Gasteiger partial charge in [-0.15, -0.1) is 0 Å². The Balaban J connectivity index is 2.60. The molecular formula is C14H22N2O2. The van der Waals surface area contributed by atoms with Crippen LogP contribution < -0.4 is 15.8 Å². The molecule has 0 fully saturated rings. The summed E-state index contributed by atoms with van der Waals surface area (Å²) in [7, 11) is 0. The summed E-state index contributed by atoms with van der Waals surface area (Å²) in [6.45, 7) is 6.27. The third-order valence-electron chi connectivity index (χ3n) is 2.78. The fraction of sp³-hybridized carbons (Fsp3) is 0.500. The number of likely N-dealkylation sites (N-methyl/N-ethyl adjacent to an activating group) is 1. The summed E-state index contributed by atoms with van der Waals surface area (Å²) in [6.07, 6.45) is 0.408. The Hall–Kier alpha value is -1.55. The zero-order valence-electron chi connectivity index (χ0n) is 11.3. The molecular weight excluding hydrogens is 228 g/mol. The Morgan fingerprint density at radius 1 is 1.33 bits per heavy atom. The first-order valence-electron chi connectivity index (χ1n) is 6.38. The van der Waals surface area contributed by atoms with Crippen LogP contribution in [0.3, 0.4) is 0 Å². The topological polar surface area (TPSA) is 64.3 Å². The van der Waals surface area contributed by atoms with Gasteiger partial charge in [-0.25, -0.2) is 0 Å². The molecule has 0 radical (unpaired) electrons. The second-order valence-corrected chi connectivity index (χ2v) is 4.24. The summed E-state index contributed by atoms with van der Waals surface area (Å²) < 4.78 is 5.54. The number of nitrogens with two attached hydrogens (primary N) is 1. The van der Waals surface area contributed by atoms with Crippen LogP contribution in [0.4, 0.5) is 0 Å². The normalized spacial score (nSPS) is 13.8. The number of hydrogen-bond acceptors (Lipinski definition) is 3. The minimum absolute atomic E-state index is 0.0554. The number of carbonyl (C=O) groups excluding carboxylic acids is 1. The first-order valence-corrected chi connectivity index (χ1v) is 6.38. The van der Waals surface area contributed by atoms with Gasteiger partial charge in [-0.05, 0) is 38.0 Å². The van der Waals surface area contributed by atoms with E-state index in [-0.39, 0.29) is 11.9 Å². The van der Waals surface area contributed by atoms with E-state index in [1.165, 1.54) is 0 Å². The molecule has 4 nitrogen and oxygen atoms in total. The van der Waals surface area contributed by atoms with Gasteiger partial charge in [0.05, 0.1) is 0 Å². The third kappa shape index (κ3) is 4.04. The van der Waals surface area contributed by atoms with Gasteiger partial charge < -0.3 is 15.8 Å². The highest BCUT2D eigenvalue weighted by molar-refractivity contribution is 5.80. The highest BCUT2D eigenvalue weighted by atomic mass is 16.5. The van der Waals surface area contributed by atoms with Crippen molar-refractivity contribution in [1.82, 2.24) is 5.32 Å². The van der Waals surface area contributed by atoms with Crippen LogP contribution in [0.5, 0.6) is 5.75 Å². The zero-order chi connectivity index (χ0) is 13.5.